The van der Waals surface area contributed by atoms with Crippen molar-refractivity contribution in [2.45, 2.75) is 51.9 Å². The van der Waals surface area contributed by atoms with E-state index < -0.39 is 0 Å². The van der Waals surface area contributed by atoms with Crippen LogP contribution in [0.2, 0.25) is 0 Å². The Morgan fingerprint density at radius 3 is 2.26 bits per heavy atom. The van der Waals surface area contributed by atoms with E-state index in [0.29, 0.717) is 11.8 Å². The van der Waals surface area contributed by atoms with Gasteiger partial charge in [-0.05, 0) is 77.5 Å². The number of likely N-dealkylation sites (tertiary alicyclic amines) is 1. The number of carbonyl (C=O) groups excluding carboxylic acids is 1. The van der Waals surface area contributed by atoms with Crippen molar-refractivity contribution in [3.63, 3.8) is 0 Å². The van der Waals surface area contributed by atoms with Crippen molar-refractivity contribution in [3.05, 3.63) is 0 Å². The van der Waals surface area contributed by atoms with E-state index in [1.807, 2.05) is 0 Å². The minimum Gasteiger partial charge on any atom is -0.356 e. The van der Waals surface area contributed by atoms with Crippen LogP contribution in [0, 0.1) is 17.8 Å². The second-order valence-electron chi connectivity index (χ2n) is 7.96. The fourth-order valence-corrected chi connectivity index (χ4v) is 3.98. The molecule has 1 heterocycles. The van der Waals surface area contributed by atoms with Gasteiger partial charge in [-0.1, -0.05) is 13.3 Å². The summed E-state index contributed by atoms with van der Waals surface area (Å²) in [6.45, 7) is 7.87. The fraction of sp³-hybridized carbons (Fsp3) is 0.947. The Kier molecular flexibility index (Phi) is 7.84. The number of likely N-dealkylation sites (N-methyl/N-ethyl adjacent to an activating group) is 1. The summed E-state index contributed by atoms with van der Waals surface area (Å²) >= 11 is 0. The topological polar surface area (TPSA) is 35.6 Å². The molecule has 2 aliphatic rings. The Morgan fingerprint density at radius 2 is 1.70 bits per heavy atom. The van der Waals surface area contributed by atoms with E-state index in [0.717, 1.165) is 31.8 Å². The summed E-state index contributed by atoms with van der Waals surface area (Å²) < 4.78 is 0. The molecule has 4 heteroatoms. The molecule has 0 atom stereocenters. The highest BCUT2D eigenvalue weighted by molar-refractivity contribution is 5.78. The lowest BCUT2D eigenvalue weighted by Crippen LogP contribution is -2.42. The van der Waals surface area contributed by atoms with Crippen molar-refractivity contribution in [2.24, 2.45) is 17.8 Å². The summed E-state index contributed by atoms with van der Waals surface area (Å²) in [5.41, 5.74) is 0. The van der Waals surface area contributed by atoms with E-state index in [-0.39, 0.29) is 5.92 Å². The first-order chi connectivity index (χ1) is 11.1. The molecule has 0 aromatic heterocycles. The second kappa shape index (κ2) is 9.63. The number of hydrogen-bond donors (Lipinski definition) is 1. The molecular weight excluding hydrogens is 286 g/mol. The number of nitrogens with one attached hydrogen (secondary N) is 1. The first-order valence-electron chi connectivity index (χ1n) is 9.73. The van der Waals surface area contributed by atoms with Crippen molar-refractivity contribution in [1.29, 1.82) is 0 Å². The molecule has 1 saturated heterocycles. The maximum atomic E-state index is 12.4. The van der Waals surface area contributed by atoms with Crippen LogP contribution in [0.25, 0.3) is 0 Å². The number of nitrogens with zero attached hydrogens (tertiary/aromatic N) is 2. The van der Waals surface area contributed by atoms with Gasteiger partial charge in [-0.25, -0.2) is 0 Å². The van der Waals surface area contributed by atoms with Crippen molar-refractivity contribution in [3.8, 4) is 0 Å². The molecule has 1 N–H and O–H groups in total. The molecule has 2 fully saturated rings. The maximum Gasteiger partial charge on any atom is 0.223 e. The Labute approximate surface area is 143 Å². The van der Waals surface area contributed by atoms with Gasteiger partial charge in [-0.3, -0.25) is 4.79 Å². The Morgan fingerprint density at radius 1 is 1.04 bits per heavy atom. The third-order valence-electron chi connectivity index (χ3n) is 5.93. The van der Waals surface area contributed by atoms with Gasteiger partial charge in [0.25, 0.3) is 0 Å². The predicted octanol–water partition coefficient (Wildman–Crippen LogP) is 2.59. The van der Waals surface area contributed by atoms with Crippen LogP contribution < -0.4 is 5.32 Å². The summed E-state index contributed by atoms with van der Waals surface area (Å²) in [5.74, 6) is 2.17. The van der Waals surface area contributed by atoms with Gasteiger partial charge in [-0.15, -0.1) is 0 Å². The van der Waals surface area contributed by atoms with E-state index in [2.05, 4.69) is 36.1 Å². The molecular formula is C19H37N3O. The van der Waals surface area contributed by atoms with Gasteiger partial charge < -0.3 is 15.1 Å². The van der Waals surface area contributed by atoms with Crippen molar-refractivity contribution < 1.29 is 4.79 Å². The first kappa shape index (κ1) is 18.7. The summed E-state index contributed by atoms with van der Waals surface area (Å²) in [6, 6.07) is 0. The molecule has 1 aliphatic carbocycles. The van der Waals surface area contributed by atoms with Gasteiger partial charge >= 0.3 is 0 Å². The lowest BCUT2D eigenvalue weighted by molar-refractivity contribution is -0.126. The normalized spacial score (nSPS) is 27.3. The molecule has 0 radical (unpaired) electrons. The molecule has 1 amide bonds. The number of carbonyl (C=O) groups is 1. The highest BCUT2D eigenvalue weighted by atomic mass is 16.1. The van der Waals surface area contributed by atoms with Crippen LogP contribution in [0.5, 0.6) is 0 Å². The molecule has 0 unspecified atom stereocenters. The quantitative estimate of drug-likeness (QED) is 0.782. The van der Waals surface area contributed by atoms with Gasteiger partial charge in [-0.2, -0.15) is 0 Å². The van der Waals surface area contributed by atoms with E-state index in [4.69, 9.17) is 0 Å². The van der Waals surface area contributed by atoms with Crippen LogP contribution in [-0.2, 0) is 4.79 Å². The molecule has 0 aromatic rings. The highest BCUT2D eigenvalue weighted by Crippen LogP contribution is 2.30. The monoisotopic (exact) mass is 323 g/mol. The van der Waals surface area contributed by atoms with E-state index in [1.54, 1.807) is 0 Å². The van der Waals surface area contributed by atoms with Gasteiger partial charge in [0.05, 0.1) is 0 Å². The average Bonchev–Trinajstić information content (AvgIpc) is 2.58. The highest BCUT2D eigenvalue weighted by Gasteiger charge is 2.26. The zero-order valence-electron chi connectivity index (χ0n) is 15.5. The largest absolute Gasteiger partial charge is 0.356 e. The fourth-order valence-electron chi connectivity index (χ4n) is 3.98. The van der Waals surface area contributed by atoms with Gasteiger partial charge in [0, 0.05) is 25.6 Å². The summed E-state index contributed by atoms with van der Waals surface area (Å²) in [5, 5.41) is 3.25. The smallest absolute Gasteiger partial charge is 0.223 e. The molecule has 1 saturated carbocycles. The van der Waals surface area contributed by atoms with Gasteiger partial charge in [0.1, 0.15) is 0 Å². The van der Waals surface area contributed by atoms with Gasteiger partial charge in [0.2, 0.25) is 5.91 Å². The molecule has 0 spiro atoms. The van der Waals surface area contributed by atoms with Crippen LogP contribution in [0.3, 0.4) is 0 Å². The minimum atomic E-state index is 0.290. The molecule has 0 bridgehead atoms. The Balaban J connectivity index is 1.59. The van der Waals surface area contributed by atoms with Gasteiger partial charge in [0.15, 0.2) is 0 Å². The van der Waals surface area contributed by atoms with Crippen molar-refractivity contribution in [2.75, 3.05) is 46.8 Å². The predicted molar refractivity (Wildman–Crippen MR) is 96.5 cm³/mol. The van der Waals surface area contributed by atoms with Crippen molar-refractivity contribution in [1.82, 2.24) is 15.1 Å². The Bertz CT molecular complexity index is 343. The zero-order valence-corrected chi connectivity index (χ0v) is 15.5. The molecule has 2 rings (SSSR count). The number of hydrogen-bond acceptors (Lipinski definition) is 3. The van der Waals surface area contributed by atoms with Crippen LogP contribution in [0.15, 0.2) is 0 Å². The molecule has 4 nitrogen and oxygen atoms in total. The minimum absolute atomic E-state index is 0.290. The van der Waals surface area contributed by atoms with Crippen molar-refractivity contribution >= 4 is 5.91 Å². The van der Waals surface area contributed by atoms with E-state index in [9.17, 15) is 4.79 Å². The maximum absolute atomic E-state index is 12.4. The standard InChI is InChI=1S/C19H37N3O/c1-4-16-5-7-18(8-6-16)19(23)20-15-17-9-11-22(12-10-17)14-13-21(2)3/h16-18H,4-15H2,1-3H3,(H,20,23). The first-order valence-corrected chi connectivity index (χ1v) is 9.73. The van der Waals surface area contributed by atoms with Crippen LogP contribution in [0.1, 0.15) is 51.9 Å². The summed E-state index contributed by atoms with van der Waals surface area (Å²) in [7, 11) is 4.27. The second-order valence-corrected chi connectivity index (χ2v) is 7.96. The molecule has 1 aliphatic heterocycles. The van der Waals surface area contributed by atoms with Crippen LogP contribution in [-0.4, -0.2) is 62.5 Å². The number of rotatable bonds is 7. The lowest BCUT2D eigenvalue weighted by Gasteiger charge is -2.33. The molecule has 0 aromatic carbocycles. The number of piperidine rings is 1. The SMILES string of the molecule is CCC1CCC(C(=O)NCC2CCN(CCN(C)C)CC2)CC1. The third kappa shape index (κ3) is 6.42. The van der Waals surface area contributed by atoms with Crippen LogP contribution >= 0.6 is 0 Å². The number of amides is 1. The lowest BCUT2D eigenvalue weighted by atomic mass is 9.80. The average molecular weight is 324 g/mol. The molecule has 23 heavy (non-hydrogen) atoms. The van der Waals surface area contributed by atoms with Crippen LogP contribution in [0.4, 0.5) is 0 Å². The van der Waals surface area contributed by atoms with E-state index in [1.165, 1.54) is 51.7 Å². The third-order valence-corrected chi connectivity index (χ3v) is 5.93. The summed E-state index contributed by atoms with van der Waals surface area (Å²) in [6.07, 6.45) is 8.45. The summed E-state index contributed by atoms with van der Waals surface area (Å²) in [4.78, 5) is 17.2. The van der Waals surface area contributed by atoms with E-state index >= 15 is 0 Å². The molecule has 134 valence electrons. The zero-order chi connectivity index (χ0) is 16.7. The Hall–Kier alpha value is -0.610.